The fourth-order valence-corrected chi connectivity index (χ4v) is 2.91. The van der Waals surface area contributed by atoms with Crippen molar-refractivity contribution >= 4 is 11.6 Å². The first-order valence-electron chi connectivity index (χ1n) is 6.40. The van der Waals surface area contributed by atoms with Crippen LogP contribution < -0.4 is 5.32 Å². The van der Waals surface area contributed by atoms with Gasteiger partial charge in [0.15, 0.2) is 0 Å². The predicted molar refractivity (Wildman–Crippen MR) is 76.1 cm³/mol. The first-order valence-corrected chi connectivity index (χ1v) is 6.78. The third kappa shape index (κ3) is 2.38. The van der Waals surface area contributed by atoms with Crippen molar-refractivity contribution in [3.8, 4) is 0 Å². The minimum Gasteiger partial charge on any atom is -0.315 e. The van der Waals surface area contributed by atoms with E-state index < -0.39 is 0 Å². The Hall–Kier alpha value is -1.38. The van der Waals surface area contributed by atoms with Crippen LogP contribution in [0.15, 0.2) is 48.5 Å². The molecular formula is C16H15ClFN. The Morgan fingerprint density at radius 1 is 1.11 bits per heavy atom. The molecule has 0 aliphatic carbocycles. The summed E-state index contributed by atoms with van der Waals surface area (Å²) in [7, 11) is 0. The average Bonchev–Trinajstić information content (AvgIpc) is 2.37. The zero-order valence-electron chi connectivity index (χ0n) is 10.5. The van der Waals surface area contributed by atoms with Crippen molar-refractivity contribution in [1.29, 1.82) is 0 Å². The van der Waals surface area contributed by atoms with Gasteiger partial charge in [-0.3, -0.25) is 0 Å². The number of nitrogens with one attached hydrogen (secondary N) is 1. The van der Waals surface area contributed by atoms with Gasteiger partial charge in [-0.2, -0.15) is 0 Å². The Morgan fingerprint density at radius 2 is 1.84 bits per heavy atom. The number of hydrogen-bond donors (Lipinski definition) is 1. The Balaban J connectivity index is 1.92. The molecule has 98 valence electrons. The van der Waals surface area contributed by atoms with Gasteiger partial charge in [-0.1, -0.05) is 48.0 Å². The first-order chi connectivity index (χ1) is 9.20. The summed E-state index contributed by atoms with van der Waals surface area (Å²) in [5.41, 5.74) is 2.41. The number of halogens is 2. The summed E-state index contributed by atoms with van der Waals surface area (Å²) in [5, 5.41) is 3.85. The summed E-state index contributed by atoms with van der Waals surface area (Å²) in [6, 6.07) is 15.1. The molecule has 0 radical (unpaired) electrons. The molecule has 2 aromatic carbocycles. The van der Waals surface area contributed by atoms with Crippen LogP contribution in [0.1, 0.15) is 11.1 Å². The summed E-state index contributed by atoms with van der Waals surface area (Å²) >= 11 is 6.14. The smallest absolute Gasteiger partial charge is 0.124 e. The van der Waals surface area contributed by atoms with E-state index in [2.05, 4.69) is 29.6 Å². The molecule has 0 saturated carbocycles. The third-order valence-electron chi connectivity index (χ3n) is 3.86. The highest BCUT2D eigenvalue weighted by atomic mass is 35.5. The van der Waals surface area contributed by atoms with Gasteiger partial charge in [0.05, 0.1) is 0 Å². The van der Waals surface area contributed by atoms with E-state index in [1.54, 1.807) is 6.07 Å². The van der Waals surface area contributed by atoms with E-state index in [-0.39, 0.29) is 11.2 Å². The van der Waals surface area contributed by atoms with Gasteiger partial charge in [0.25, 0.3) is 0 Å². The van der Waals surface area contributed by atoms with Crippen molar-refractivity contribution in [2.75, 3.05) is 13.1 Å². The SMILES string of the molecule is Fc1ccc(CC2(c3ccccc3)CNC2)c(Cl)c1. The van der Waals surface area contributed by atoms with E-state index in [0.29, 0.717) is 5.02 Å². The van der Waals surface area contributed by atoms with Crippen molar-refractivity contribution < 1.29 is 4.39 Å². The van der Waals surface area contributed by atoms with Crippen LogP contribution in [-0.2, 0) is 11.8 Å². The number of rotatable bonds is 3. The first kappa shape index (κ1) is 12.6. The molecule has 2 aromatic rings. The molecule has 0 aromatic heterocycles. The minimum atomic E-state index is -0.283. The van der Waals surface area contributed by atoms with Crippen molar-refractivity contribution in [2.45, 2.75) is 11.8 Å². The van der Waals surface area contributed by atoms with Crippen molar-refractivity contribution in [3.63, 3.8) is 0 Å². The van der Waals surface area contributed by atoms with Crippen LogP contribution in [0.25, 0.3) is 0 Å². The summed E-state index contributed by atoms with van der Waals surface area (Å²) in [6.07, 6.45) is 0.836. The molecule has 3 rings (SSSR count). The Labute approximate surface area is 117 Å². The van der Waals surface area contributed by atoms with Crippen LogP contribution in [0.4, 0.5) is 4.39 Å². The van der Waals surface area contributed by atoms with E-state index in [1.807, 2.05) is 6.07 Å². The second-order valence-electron chi connectivity index (χ2n) is 5.16. The van der Waals surface area contributed by atoms with E-state index >= 15 is 0 Å². The van der Waals surface area contributed by atoms with Crippen LogP contribution in [0.2, 0.25) is 5.02 Å². The lowest BCUT2D eigenvalue weighted by Gasteiger charge is -2.43. The minimum absolute atomic E-state index is 0.0860. The predicted octanol–water partition coefficient (Wildman–Crippen LogP) is 3.56. The lowest BCUT2D eigenvalue weighted by atomic mass is 9.71. The Morgan fingerprint density at radius 3 is 2.42 bits per heavy atom. The molecule has 0 amide bonds. The maximum atomic E-state index is 13.1. The van der Waals surface area contributed by atoms with Gasteiger partial charge in [0.1, 0.15) is 5.82 Å². The van der Waals surface area contributed by atoms with Crippen LogP contribution in [0, 0.1) is 5.82 Å². The van der Waals surface area contributed by atoms with Gasteiger partial charge < -0.3 is 5.32 Å². The molecule has 0 spiro atoms. The molecule has 3 heteroatoms. The van der Waals surface area contributed by atoms with E-state index in [0.717, 1.165) is 25.1 Å². The summed E-state index contributed by atoms with van der Waals surface area (Å²) in [5.74, 6) is -0.283. The lowest BCUT2D eigenvalue weighted by molar-refractivity contribution is 0.274. The van der Waals surface area contributed by atoms with Gasteiger partial charge in [-0.05, 0) is 29.7 Å². The lowest BCUT2D eigenvalue weighted by Crippen LogP contribution is -2.58. The highest BCUT2D eigenvalue weighted by Crippen LogP contribution is 2.34. The van der Waals surface area contributed by atoms with E-state index in [9.17, 15) is 4.39 Å². The molecule has 0 bridgehead atoms. The van der Waals surface area contributed by atoms with Crippen LogP contribution in [0.3, 0.4) is 0 Å². The highest BCUT2D eigenvalue weighted by molar-refractivity contribution is 6.31. The molecule has 1 nitrogen and oxygen atoms in total. The normalized spacial score (nSPS) is 16.9. The molecule has 1 saturated heterocycles. The van der Waals surface area contributed by atoms with Crippen LogP contribution in [0.5, 0.6) is 0 Å². The van der Waals surface area contributed by atoms with Gasteiger partial charge in [0, 0.05) is 23.5 Å². The number of benzene rings is 2. The zero-order valence-corrected chi connectivity index (χ0v) is 11.3. The van der Waals surface area contributed by atoms with Gasteiger partial charge in [-0.15, -0.1) is 0 Å². The number of hydrogen-bond acceptors (Lipinski definition) is 1. The Bertz CT molecular complexity index is 579. The Kier molecular flexibility index (Phi) is 3.29. The standard InChI is InChI=1S/C16H15ClFN/c17-15-8-14(18)7-6-12(15)9-16(10-19-11-16)13-4-2-1-3-5-13/h1-8,19H,9-11H2. The summed E-state index contributed by atoms with van der Waals surface area (Å²) in [4.78, 5) is 0. The second-order valence-corrected chi connectivity index (χ2v) is 5.57. The summed E-state index contributed by atoms with van der Waals surface area (Å²) < 4.78 is 13.1. The fraction of sp³-hybridized carbons (Fsp3) is 0.250. The van der Waals surface area contributed by atoms with E-state index in [4.69, 9.17) is 11.6 Å². The molecule has 1 aliphatic rings. The van der Waals surface area contributed by atoms with Crippen LogP contribution in [-0.4, -0.2) is 13.1 Å². The maximum absolute atomic E-state index is 13.1. The fourth-order valence-electron chi connectivity index (χ4n) is 2.68. The molecule has 0 atom stereocenters. The molecule has 19 heavy (non-hydrogen) atoms. The van der Waals surface area contributed by atoms with Crippen LogP contribution >= 0.6 is 11.6 Å². The monoisotopic (exact) mass is 275 g/mol. The topological polar surface area (TPSA) is 12.0 Å². The van der Waals surface area contributed by atoms with E-state index in [1.165, 1.54) is 17.7 Å². The highest BCUT2D eigenvalue weighted by Gasteiger charge is 2.38. The van der Waals surface area contributed by atoms with Crippen molar-refractivity contribution in [3.05, 3.63) is 70.5 Å². The zero-order chi connectivity index (χ0) is 13.3. The average molecular weight is 276 g/mol. The van der Waals surface area contributed by atoms with Crippen molar-refractivity contribution in [1.82, 2.24) is 5.32 Å². The maximum Gasteiger partial charge on any atom is 0.124 e. The summed E-state index contributed by atoms with van der Waals surface area (Å²) in [6.45, 7) is 1.87. The van der Waals surface area contributed by atoms with Gasteiger partial charge in [-0.25, -0.2) is 4.39 Å². The van der Waals surface area contributed by atoms with Gasteiger partial charge >= 0.3 is 0 Å². The molecule has 1 heterocycles. The molecule has 1 aliphatic heterocycles. The van der Waals surface area contributed by atoms with Gasteiger partial charge in [0.2, 0.25) is 0 Å². The molecule has 1 N–H and O–H groups in total. The largest absolute Gasteiger partial charge is 0.315 e. The molecule has 0 unspecified atom stereocenters. The second kappa shape index (κ2) is 4.95. The third-order valence-corrected chi connectivity index (χ3v) is 4.21. The van der Waals surface area contributed by atoms with Crippen molar-refractivity contribution in [2.24, 2.45) is 0 Å². The quantitative estimate of drug-likeness (QED) is 0.903. The molecule has 1 fully saturated rings. The molecular weight excluding hydrogens is 261 g/mol.